The van der Waals surface area contributed by atoms with E-state index in [4.69, 9.17) is 5.73 Å². The van der Waals surface area contributed by atoms with Gasteiger partial charge in [-0.15, -0.1) is 5.10 Å². The predicted molar refractivity (Wildman–Crippen MR) is 67.9 cm³/mol. The highest BCUT2D eigenvalue weighted by molar-refractivity contribution is 5.49. The molecule has 2 aromatic rings. The van der Waals surface area contributed by atoms with Crippen LogP contribution in [-0.2, 0) is 0 Å². The van der Waals surface area contributed by atoms with E-state index in [1.165, 1.54) is 32.1 Å². The van der Waals surface area contributed by atoms with Gasteiger partial charge in [0.05, 0.1) is 0 Å². The van der Waals surface area contributed by atoms with Crippen LogP contribution in [0.1, 0.15) is 32.1 Å². The van der Waals surface area contributed by atoms with Crippen LogP contribution in [0, 0.1) is 0 Å². The summed E-state index contributed by atoms with van der Waals surface area (Å²) in [6.07, 6.45) is 6.38. The van der Waals surface area contributed by atoms with Crippen LogP contribution in [0.15, 0.2) is 18.2 Å². The zero-order valence-electron chi connectivity index (χ0n) is 9.76. The molecule has 1 saturated carbocycles. The molecular formula is C12H17N5. The van der Waals surface area contributed by atoms with E-state index in [0.717, 1.165) is 5.65 Å². The van der Waals surface area contributed by atoms with Gasteiger partial charge in [-0.25, -0.2) is 0 Å². The fraction of sp³-hybridized carbons (Fsp3) is 0.500. The highest BCUT2D eigenvalue weighted by atomic mass is 15.4. The summed E-state index contributed by atoms with van der Waals surface area (Å²) < 4.78 is 1.67. The summed E-state index contributed by atoms with van der Waals surface area (Å²) in [6.45, 7) is 0. The van der Waals surface area contributed by atoms with Gasteiger partial charge in [0.25, 0.3) is 0 Å². The van der Waals surface area contributed by atoms with Gasteiger partial charge in [-0.3, -0.25) is 0 Å². The van der Waals surface area contributed by atoms with Crippen molar-refractivity contribution in [3.63, 3.8) is 0 Å². The Labute approximate surface area is 100 Å². The summed E-state index contributed by atoms with van der Waals surface area (Å²) in [5.74, 6) is 1.31. The van der Waals surface area contributed by atoms with Crippen LogP contribution < -0.4 is 11.1 Å². The van der Waals surface area contributed by atoms with Gasteiger partial charge in [0.2, 0.25) is 5.95 Å². The number of nitrogens with two attached hydrogens (primary N) is 1. The topological polar surface area (TPSA) is 68.2 Å². The summed E-state index contributed by atoms with van der Waals surface area (Å²) in [4.78, 5) is 4.43. The molecule has 0 bridgehead atoms. The number of fused-ring (bicyclic) bond motifs is 1. The molecule has 1 fully saturated rings. The minimum atomic E-state index is 0.516. The molecule has 3 rings (SSSR count). The lowest BCUT2D eigenvalue weighted by Crippen LogP contribution is -2.22. The van der Waals surface area contributed by atoms with E-state index in [1.54, 1.807) is 4.52 Å². The van der Waals surface area contributed by atoms with Crippen molar-refractivity contribution in [2.45, 2.75) is 38.1 Å². The second kappa shape index (κ2) is 4.24. The fourth-order valence-corrected chi connectivity index (χ4v) is 2.42. The molecular weight excluding hydrogens is 214 g/mol. The second-order valence-corrected chi connectivity index (χ2v) is 4.64. The van der Waals surface area contributed by atoms with Gasteiger partial charge in [-0.05, 0) is 25.0 Å². The van der Waals surface area contributed by atoms with Gasteiger partial charge in [-0.2, -0.15) is 9.50 Å². The molecule has 1 aliphatic carbocycles. The van der Waals surface area contributed by atoms with Crippen molar-refractivity contribution in [1.82, 2.24) is 14.6 Å². The largest absolute Gasteiger partial charge is 0.384 e. The Morgan fingerprint density at radius 2 is 2.06 bits per heavy atom. The van der Waals surface area contributed by atoms with Crippen molar-refractivity contribution < 1.29 is 0 Å². The Bertz CT molecular complexity index is 513. The molecule has 5 heteroatoms. The fourth-order valence-electron chi connectivity index (χ4n) is 2.42. The average Bonchev–Trinajstić information content (AvgIpc) is 2.74. The number of nitrogens with zero attached hydrogens (tertiary/aromatic N) is 3. The Morgan fingerprint density at radius 1 is 1.24 bits per heavy atom. The van der Waals surface area contributed by atoms with Gasteiger partial charge in [0.15, 0.2) is 5.65 Å². The Morgan fingerprint density at radius 3 is 2.82 bits per heavy atom. The van der Waals surface area contributed by atoms with Crippen molar-refractivity contribution in [2.75, 3.05) is 11.1 Å². The molecule has 90 valence electrons. The molecule has 5 nitrogen and oxygen atoms in total. The van der Waals surface area contributed by atoms with E-state index in [9.17, 15) is 0 Å². The predicted octanol–water partition coefficient (Wildman–Crippen LogP) is 2.06. The lowest BCUT2D eigenvalue weighted by atomic mass is 9.96. The van der Waals surface area contributed by atoms with E-state index in [-0.39, 0.29) is 0 Å². The standard InChI is InChI=1S/C12H17N5/c13-10-7-4-8-11-15-12(16-17(10)11)14-9-5-2-1-3-6-9/h4,7-9H,1-3,5-6,13H2,(H,14,16). The van der Waals surface area contributed by atoms with Crippen molar-refractivity contribution in [3.05, 3.63) is 18.2 Å². The lowest BCUT2D eigenvalue weighted by molar-refractivity contribution is 0.461. The van der Waals surface area contributed by atoms with Gasteiger partial charge in [-0.1, -0.05) is 25.3 Å². The van der Waals surface area contributed by atoms with Crippen LogP contribution in [0.4, 0.5) is 11.8 Å². The first-order valence-electron chi connectivity index (χ1n) is 6.21. The highest BCUT2D eigenvalue weighted by Gasteiger charge is 2.15. The lowest BCUT2D eigenvalue weighted by Gasteiger charge is -2.21. The second-order valence-electron chi connectivity index (χ2n) is 4.64. The van der Waals surface area contributed by atoms with Crippen molar-refractivity contribution in [1.29, 1.82) is 0 Å². The number of hydrogen-bond acceptors (Lipinski definition) is 4. The number of anilines is 2. The smallest absolute Gasteiger partial charge is 0.243 e. The van der Waals surface area contributed by atoms with Crippen molar-refractivity contribution >= 4 is 17.4 Å². The van der Waals surface area contributed by atoms with Crippen LogP contribution in [0.2, 0.25) is 0 Å². The molecule has 0 aliphatic heterocycles. The molecule has 1 aliphatic rings. The first-order valence-corrected chi connectivity index (χ1v) is 6.21. The molecule has 0 unspecified atom stereocenters. The Kier molecular flexibility index (Phi) is 2.59. The molecule has 0 spiro atoms. The molecule has 0 radical (unpaired) electrons. The number of rotatable bonds is 2. The molecule has 0 aromatic carbocycles. The minimum absolute atomic E-state index is 0.516. The van der Waals surface area contributed by atoms with Crippen LogP contribution >= 0.6 is 0 Å². The Balaban J connectivity index is 1.83. The summed E-state index contributed by atoms with van der Waals surface area (Å²) in [5.41, 5.74) is 6.63. The van der Waals surface area contributed by atoms with Crippen LogP contribution in [0.5, 0.6) is 0 Å². The molecule has 17 heavy (non-hydrogen) atoms. The van der Waals surface area contributed by atoms with Gasteiger partial charge in [0.1, 0.15) is 5.82 Å². The van der Waals surface area contributed by atoms with Gasteiger partial charge < -0.3 is 11.1 Å². The van der Waals surface area contributed by atoms with E-state index < -0.39 is 0 Å². The third kappa shape index (κ3) is 2.05. The average molecular weight is 231 g/mol. The molecule has 3 N–H and O–H groups in total. The highest BCUT2D eigenvalue weighted by Crippen LogP contribution is 2.20. The first kappa shape index (κ1) is 10.4. The van der Waals surface area contributed by atoms with Gasteiger partial charge in [0, 0.05) is 6.04 Å². The maximum atomic E-state index is 5.84. The summed E-state index contributed by atoms with van der Waals surface area (Å²) in [5, 5.41) is 7.77. The van der Waals surface area contributed by atoms with E-state index >= 15 is 0 Å². The summed E-state index contributed by atoms with van der Waals surface area (Å²) >= 11 is 0. The zero-order valence-corrected chi connectivity index (χ0v) is 9.76. The maximum Gasteiger partial charge on any atom is 0.243 e. The molecule has 0 atom stereocenters. The Hall–Kier alpha value is -1.78. The number of nitrogen functional groups attached to an aromatic ring is 1. The van der Waals surface area contributed by atoms with Crippen LogP contribution in [0.25, 0.3) is 5.65 Å². The van der Waals surface area contributed by atoms with E-state index in [0.29, 0.717) is 17.8 Å². The normalized spacial score (nSPS) is 17.4. The van der Waals surface area contributed by atoms with Crippen LogP contribution in [-0.4, -0.2) is 20.6 Å². The molecule has 0 amide bonds. The molecule has 2 heterocycles. The number of pyridine rings is 1. The van der Waals surface area contributed by atoms with Crippen molar-refractivity contribution in [3.8, 4) is 0 Å². The number of nitrogens with one attached hydrogen (secondary N) is 1. The maximum absolute atomic E-state index is 5.84. The molecule has 0 saturated heterocycles. The summed E-state index contributed by atoms with van der Waals surface area (Å²) in [7, 11) is 0. The quantitative estimate of drug-likeness (QED) is 0.830. The third-order valence-corrected chi connectivity index (χ3v) is 3.33. The van der Waals surface area contributed by atoms with E-state index in [2.05, 4.69) is 15.4 Å². The zero-order chi connectivity index (χ0) is 11.7. The summed E-state index contributed by atoms with van der Waals surface area (Å²) in [6, 6.07) is 6.15. The SMILES string of the molecule is Nc1cccc2nc(NC3CCCCC3)nn12. The number of aromatic nitrogens is 3. The third-order valence-electron chi connectivity index (χ3n) is 3.33. The van der Waals surface area contributed by atoms with E-state index in [1.807, 2.05) is 18.2 Å². The number of hydrogen-bond donors (Lipinski definition) is 2. The monoisotopic (exact) mass is 231 g/mol. The van der Waals surface area contributed by atoms with Crippen LogP contribution in [0.3, 0.4) is 0 Å². The van der Waals surface area contributed by atoms with Crippen molar-refractivity contribution in [2.24, 2.45) is 0 Å². The minimum Gasteiger partial charge on any atom is -0.384 e. The molecule has 2 aromatic heterocycles. The first-order chi connectivity index (χ1) is 8.33. The van der Waals surface area contributed by atoms with Gasteiger partial charge >= 0.3 is 0 Å².